The van der Waals surface area contributed by atoms with Gasteiger partial charge in [0, 0.05) is 70.5 Å². The molecule has 0 spiro atoms. The van der Waals surface area contributed by atoms with Crippen LogP contribution in [0.2, 0.25) is 0 Å². The van der Waals surface area contributed by atoms with Gasteiger partial charge in [-0.1, -0.05) is 12.1 Å². The van der Waals surface area contributed by atoms with Crippen molar-refractivity contribution in [1.82, 2.24) is 19.8 Å². The van der Waals surface area contributed by atoms with Gasteiger partial charge in [0.05, 0.1) is 5.69 Å². The van der Waals surface area contributed by atoms with Crippen LogP contribution in [0.3, 0.4) is 0 Å². The molecular weight excluding hydrogens is 416 g/mol. The molecule has 0 bridgehead atoms. The van der Waals surface area contributed by atoms with E-state index in [9.17, 15) is 4.79 Å². The predicted molar refractivity (Wildman–Crippen MR) is 129 cm³/mol. The Morgan fingerprint density at radius 1 is 1.06 bits per heavy atom. The van der Waals surface area contributed by atoms with E-state index in [0.29, 0.717) is 24.8 Å². The fourth-order valence-electron chi connectivity index (χ4n) is 5.05. The lowest BCUT2D eigenvalue weighted by Crippen LogP contribution is -2.44. The zero-order valence-electron chi connectivity index (χ0n) is 19.5. The number of carbonyl (C=O) groups excluding carboxylic acids is 1. The fraction of sp³-hybridized carbons (Fsp3) is 0.560. The first-order chi connectivity index (χ1) is 16.0. The summed E-state index contributed by atoms with van der Waals surface area (Å²) < 4.78 is 5.44. The van der Waals surface area contributed by atoms with Crippen LogP contribution in [-0.4, -0.2) is 78.7 Å². The van der Waals surface area contributed by atoms with Gasteiger partial charge in [0.1, 0.15) is 5.82 Å². The number of hydrogen-bond acceptors (Lipinski definition) is 7. The van der Waals surface area contributed by atoms with E-state index in [4.69, 9.17) is 10.5 Å². The van der Waals surface area contributed by atoms with E-state index >= 15 is 0 Å². The number of anilines is 2. The van der Waals surface area contributed by atoms with E-state index in [1.165, 1.54) is 11.1 Å². The summed E-state index contributed by atoms with van der Waals surface area (Å²) in [6.45, 7) is 6.90. The number of hydrogen-bond donors (Lipinski definition) is 1. The number of nitrogens with two attached hydrogens (primary N) is 1. The molecule has 4 heterocycles. The highest BCUT2D eigenvalue weighted by atomic mass is 16.5. The first-order valence-electron chi connectivity index (χ1n) is 12.1. The van der Waals surface area contributed by atoms with Gasteiger partial charge in [-0.05, 0) is 49.4 Å². The summed E-state index contributed by atoms with van der Waals surface area (Å²) in [5, 5.41) is 0. The monoisotopic (exact) mass is 450 g/mol. The number of piperazine rings is 1. The van der Waals surface area contributed by atoms with Gasteiger partial charge < -0.3 is 25.2 Å². The third kappa shape index (κ3) is 5.12. The molecule has 0 aliphatic carbocycles. The lowest BCUT2D eigenvalue weighted by molar-refractivity contribution is -0.133. The van der Waals surface area contributed by atoms with Gasteiger partial charge in [0.25, 0.3) is 0 Å². The molecule has 8 heteroatoms. The van der Waals surface area contributed by atoms with E-state index in [-0.39, 0.29) is 5.91 Å². The minimum Gasteiger partial charge on any atom is -0.381 e. The van der Waals surface area contributed by atoms with Crippen molar-refractivity contribution >= 4 is 17.7 Å². The topological polar surface area (TPSA) is 87.8 Å². The molecule has 0 atom stereocenters. The second kappa shape index (κ2) is 9.65. The smallest absolute Gasteiger partial charge is 0.223 e. The summed E-state index contributed by atoms with van der Waals surface area (Å²) in [5.41, 5.74) is 10.5. The van der Waals surface area contributed by atoms with Crippen LogP contribution in [0.1, 0.15) is 30.4 Å². The van der Waals surface area contributed by atoms with Crippen LogP contribution in [-0.2, 0) is 22.5 Å². The Balaban J connectivity index is 1.32. The number of rotatable bonds is 4. The number of likely N-dealkylation sites (N-methyl/N-ethyl adjacent to an activating group) is 1. The molecule has 2 N–H and O–H groups in total. The van der Waals surface area contributed by atoms with Gasteiger partial charge in [0.15, 0.2) is 0 Å². The van der Waals surface area contributed by atoms with Gasteiger partial charge in [-0.3, -0.25) is 4.79 Å². The van der Waals surface area contributed by atoms with Gasteiger partial charge >= 0.3 is 0 Å². The molecule has 1 aromatic carbocycles. The third-order valence-corrected chi connectivity index (χ3v) is 7.23. The summed E-state index contributed by atoms with van der Waals surface area (Å²) in [6, 6.07) is 8.52. The molecule has 0 unspecified atom stereocenters. The van der Waals surface area contributed by atoms with Crippen molar-refractivity contribution in [3.8, 4) is 11.3 Å². The molecule has 1 aromatic heterocycles. The van der Waals surface area contributed by atoms with Gasteiger partial charge in [0.2, 0.25) is 11.9 Å². The SMILES string of the molecule is CN1CCN(c2cc(-c3ccc4c(c3)CN(C(=O)CC3CCOCC3)CC4)nc(N)n2)CC1. The molecule has 2 saturated heterocycles. The van der Waals surface area contributed by atoms with E-state index in [1.807, 2.05) is 11.0 Å². The Morgan fingerprint density at radius 2 is 1.85 bits per heavy atom. The van der Waals surface area contributed by atoms with Crippen molar-refractivity contribution in [3.63, 3.8) is 0 Å². The molecule has 3 aliphatic heterocycles. The Hall–Kier alpha value is -2.71. The van der Waals surface area contributed by atoms with E-state index in [0.717, 1.165) is 82.3 Å². The number of benzene rings is 1. The van der Waals surface area contributed by atoms with Crippen molar-refractivity contribution < 1.29 is 9.53 Å². The van der Waals surface area contributed by atoms with Crippen molar-refractivity contribution in [2.45, 2.75) is 32.2 Å². The van der Waals surface area contributed by atoms with Gasteiger partial charge in [-0.2, -0.15) is 4.98 Å². The fourth-order valence-corrected chi connectivity index (χ4v) is 5.05. The molecule has 8 nitrogen and oxygen atoms in total. The third-order valence-electron chi connectivity index (χ3n) is 7.23. The highest BCUT2D eigenvalue weighted by Gasteiger charge is 2.25. The van der Waals surface area contributed by atoms with Crippen LogP contribution >= 0.6 is 0 Å². The van der Waals surface area contributed by atoms with Crippen molar-refractivity contribution in [2.24, 2.45) is 5.92 Å². The second-order valence-corrected chi connectivity index (χ2v) is 9.57. The maximum Gasteiger partial charge on any atom is 0.223 e. The summed E-state index contributed by atoms with van der Waals surface area (Å²) in [5.74, 6) is 1.90. The summed E-state index contributed by atoms with van der Waals surface area (Å²) in [6.07, 6.45) is 3.51. The molecule has 0 radical (unpaired) electrons. The number of amides is 1. The first kappa shape index (κ1) is 22.1. The Labute approximate surface area is 195 Å². The maximum atomic E-state index is 13.0. The summed E-state index contributed by atoms with van der Waals surface area (Å²) in [7, 11) is 2.14. The standard InChI is InChI=1S/C25H34N6O2/c1-29-8-10-30(11-9-29)23-16-22(27-25(26)28-23)20-3-2-19-4-7-31(17-21(19)15-20)24(32)14-18-5-12-33-13-6-18/h2-3,15-16,18H,4-14,17H2,1H3,(H2,26,27,28). The molecular formula is C25H34N6O2. The van der Waals surface area contributed by atoms with Crippen LogP contribution in [0.4, 0.5) is 11.8 Å². The average Bonchev–Trinajstić information content (AvgIpc) is 2.84. The summed E-state index contributed by atoms with van der Waals surface area (Å²) >= 11 is 0. The Morgan fingerprint density at radius 3 is 2.64 bits per heavy atom. The van der Waals surface area contributed by atoms with Crippen molar-refractivity contribution in [3.05, 3.63) is 35.4 Å². The number of nitrogen functional groups attached to an aromatic ring is 1. The lowest BCUT2D eigenvalue weighted by atomic mass is 9.93. The molecule has 33 heavy (non-hydrogen) atoms. The molecule has 2 aromatic rings. The van der Waals surface area contributed by atoms with Gasteiger partial charge in [-0.25, -0.2) is 4.98 Å². The molecule has 3 aliphatic rings. The van der Waals surface area contributed by atoms with E-state index in [2.05, 4.69) is 45.0 Å². The molecule has 0 saturated carbocycles. The van der Waals surface area contributed by atoms with Crippen LogP contribution in [0.5, 0.6) is 0 Å². The van der Waals surface area contributed by atoms with E-state index < -0.39 is 0 Å². The first-order valence-corrected chi connectivity index (χ1v) is 12.1. The number of ether oxygens (including phenoxy) is 1. The Kier molecular flexibility index (Phi) is 6.46. The van der Waals surface area contributed by atoms with Crippen LogP contribution in [0.15, 0.2) is 24.3 Å². The highest BCUT2D eigenvalue weighted by Crippen LogP contribution is 2.29. The summed E-state index contributed by atoms with van der Waals surface area (Å²) in [4.78, 5) is 28.6. The molecule has 5 rings (SSSR count). The number of fused-ring (bicyclic) bond motifs is 1. The number of nitrogens with zero attached hydrogens (tertiary/aromatic N) is 5. The van der Waals surface area contributed by atoms with Crippen molar-refractivity contribution in [2.75, 3.05) is 63.6 Å². The van der Waals surface area contributed by atoms with Crippen LogP contribution in [0, 0.1) is 5.92 Å². The average molecular weight is 451 g/mol. The van der Waals surface area contributed by atoms with E-state index in [1.54, 1.807) is 0 Å². The molecule has 1 amide bonds. The normalized spacial score (nSPS) is 20.0. The van der Waals surface area contributed by atoms with Gasteiger partial charge in [-0.15, -0.1) is 0 Å². The molecule has 176 valence electrons. The Bertz CT molecular complexity index is 998. The molecule has 2 fully saturated rings. The number of aromatic nitrogens is 2. The zero-order chi connectivity index (χ0) is 22.8. The minimum atomic E-state index is 0.265. The minimum absolute atomic E-state index is 0.265. The highest BCUT2D eigenvalue weighted by molar-refractivity contribution is 5.77. The lowest BCUT2D eigenvalue weighted by Gasteiger charge is -2.33. The maximum absolute atomic E-state index is 13.0. The van der Waals surface area contributed by atoms with Crippen LogP contribution in [0.25, 0.3) is 11.3 Å². The zero-order valence-corrected chi connectivity index (χ0v) is 19.5. The predicted octanol–water partition coefficient (Wildman–Crippen LogP) is 2.18. The largest absolute Gasteiger partial charge is 0.381 e. The number of carbonyl (C=O) groups is 1. The van der Waals surface area contributed by atoms with Crippen LogP contribution < -0.4 is 10.6 Å². The second-order valence-electron chi connectivity index (χ2n) is 9.57. The van der Waals surface area contributed by atoms with Crippen molar-refractivity contribution in [1.29, 1.82) is 0 Å². The quantitative estimate of drug-likeness (QED) is 0.764.